The molecule has 13 heteroatoms. The highest BCUT2D eigenvalue weighted by Crippen LogP contribution is 2.06. The first-order valence-corrected chi connectivity index (χ1v) is 3.63. The molecule has 13 nitrogen and oxygen atoms in total. The van der Waals surface area contributed by atoms with E-state index in [1.165, 1.54) is 0 Å². The molecule has 0 fully saturated rings. The summed E-state index contributed by atoms with van der Waals surface area (Å²) in [4.78, 5) is 12.6. The summed E-state index contributed by atoms with van der Waals surface area (Å²) in [7, 11) is 0. The van der Waals surface area contributed by atoms with Crippen LogP contribution in [0.3, 0.4) is 0 Å². The highest BCUT2D eigenvalue weighted by atomic mass is 16.7. The van der Waals surface area contributed by atoms with Gasteiger partial charge in [0.05, 0.1) is 0 Å². The molecule has 0 atom stereocenters. The molecule has 0 bridgehead atoms. The molecule has 80 valence electrons. The maximum atomic E-state index is 10.2. The van der Waals surface area contributed by atoms with Crippen LogP contribution in [-0.2, 0) is 0 Å². The number of anilines is 1. The number of aromatic nitrogens is 6. The van der Waals surface area contributed by atoms with E-state index < -0.39 is 5.03 Å². The van der Waals surface area contributed by atoms with Crippen molar-refractivity contribution in [3.63, 3.8) is 0 Å². The molecular formula is C3HN11O2. The first kappa shape index (κ1) is 9.47. The van der Waals surface area contributed by atoms with Crippen molar-refractivity contribution in [3.8, 4) is 0 Å². The molecule has 2 aromatic rings. The number of hydrazine groups is 1. The van der Waals surface area contributed by atoms with E-state index in [0.717, 1.165) is 4.52 Å². The molecule has 2 aromatic heterocycles. The van der Waals surface area contributed by atoms with Crippen LogP contribution in [0, 0.1) is 10.1 Å². The quantitative estimate of drug-likeness (QED) is 0.237. The molecule has 0 saturated heterocycles. The summed E-state index contributed by atoms with van der Waals surface area (Å²) in [5, 5.41) is 29.7. The first-order chi connectivity index (χ1) is 7.70. The highest BCUT2D eigenvalue weighted by Gasteiger charge is 2.12. The predicted octanol–water partition coefficient (Wildman–Crippen LogP) is -0.540. The SMILES string of the molecule is [N-]=[N+]=Nc1nnc2nnc(N[N+](=O)[O-])n2n1. The lowest BCUT2D eigenvalue weighted by molar-refractivity contribution is -0.446. The van der Waals surface area contributed by atoms with Crippen molar-refractivity contribution >= 4 is 17.7 Å². The Morgan fingerprint density at radius 3 is 2.88 bits per heavy atom. The number of nitrogens with zero attached hydrogens (tertiary/aromatic N) is 10. The Labute approximate surface area is 84.9 Å². The fourth-order valence-electron chi connectivity index (χ4n) is 0.856. The molecule has 0 aliphatic rings. The number of hydrogen-bond donors (Lipinski definition) is 1. The zero-order valence-electron chi connectivity index (χ0n) is 7.29. The summed E-state index contributed by atoms with van der Waals surface area (Å²) in [6.45, 7) is 0. The average molecular weight is 223 g/mol. The molecule has 0 aromatic carbocycles. The number of nitrogens with one attached hydrogen (secondary N) is 1. The van der Waals surface area contributed by atoms with E-state index in [4.69, 9.17) is 5.53 Å². The van der Waals surface area contributed by atoms with Crippen molar-refractivity contribution in [2.45, 2.75) is 0 Å². The fraction of sp³-hybridized carbons (Fsp3) is 0. The van der Waals surface area contributed by atoms with Crippen LogP contribution in [0.1, 0.15) is 0 Å². The molecule has 1 N–H and O–H groups in total. The summed E-state index contributed by atoms with van der Waals surface area (Å²) in [5.41, 5.74) is 9.89. The van der Waals surface area contributed by atoms with E-state index in [1.807, 2.05) is 0 Å². The highest BCUT2D eigenvalue weighted by molar-refractivity contribution is 5.34. The lowest BCUT2D eigenvalue weighted by atomic mass is 11.0. The third kappa shape index (κ3) is 1.60. The van der Waals surface area contributed by atoms with Crippen molar-refractivity contribution in [2.75, 3.05) is 5.43 Å². The zero-order valence-corrected chi connectivity index (χ0v) is 7.29. The summed E-state index contributed by atoms with van der Waals surface area (Å²) in [5.74, 6) is -0.647. The van der Waals surface area contributed by atoms with E-state index >= 15 is 0 Å². The third-order valence-electron chi connectivity index (χ3n) is 1.37. The van der Waals surface area contributed by atoms with Gasteiger partial charge >= 0.3 is 5.95 Å². The molecule has 0 saturated carbocycles. The third-order valence-corrected chi connectivity index (χ3v) is 1.37. The molecule has 0 aliphatic carbocycles. The van der Waals surface area contributed by atoms with Crippen LogP contribution in [0.2, 0.25) is 0 Å². The van der Waals surface area contributed by atoms with Crippen LogP contribution in [0.4, 0.5) is 11.9 Å². The Bertz CT molecular complexity index is 594. The maximum Gasteiger partial charge on any atom is 0.308 e. The predicted molar refractivity (Wildman–Crippen MR) is 45.8 cm³/mol. The Balaban J connectivity index is 2.55. The minimum absolute atomic E-state index is 0.0683. The summed E-state index contributed by atoms with van der Waals surface area (Å²) < 4.78 is 0.889. The van der Waals surface area contributed by atoms with Gasteiger partial charge in [-0.15, -0.1) is 25.5 Å². The topological polar surface area (TPSA) is 173 Å². The second-order valence-electron chi connectivity index (χ2n) is 2.29. The van der Waals surface area contributed by atoms with E-state index in [2.05, 4.69) is 35.5 Å². The zero-order chi connectivity index (χ0) is 11.5. The number of rotatable bonds is 3. The number of azide groups is 1. The Morgan fingerprint density at radius 2 is 2.19 bits per heavy atom. The minimum Gasteiger partial charge on any atom is -0.234 e. The summed E-state index contributed by atoms with van der Waals surface area (Å²) >= 11 is 0. The van der Waals surface area contributed by atoms with E-state index in [0.29, 0.717) is 0 Å². The van der Waals surface area contributed by atoms with Crippen LogP contribution in [0.15, 0.2) is 5.11 Å². The smallest absolute Gasteiger partial charge is 0.234 e. The van der Waals surface area contributed by atoms with Crippen LogP contribution >= 0.6 is 0 Å². The molecule has 2 heterocycles. The maximum absolute atomic E-state index is 10.2. The van der Waals surface area contributed by atoms with Crippen LogP contribution in [0.5, 0.6) is 0 Å². The van der Waals surface area contributed by atoms with Gasteiger partial charge in [-0.3, -0.25) is 0 Å². The molecular weight excluding hydrogens is 222 g/mol. The molecule has 0 unspecified atom stereocenters. The van der Waals surface area contributed by atoms with Gasteiger partial charge < -0.3 is 0 Å². The van der Waals surface area contributed by atoms with E-state index in [-0.39, 0.29) is 17.7 Å². The molecule has 2 rings (SSSR count). The van der Waals surface area contributed by atoms with Crippen LogP contribution in [0.25, 0.3) is 16.2 Å². The molecule has 0 amide bonds. The van der Waals surface area contributed by atoms with Gasteiger partial charge in [0.1, 0.15) is 0 Å². The molecule has 0 aliphatic heterocycles. The van der Waals surface area contributed by atoms with Gasteiger partial charge in [-0.05, 0) is 10.6 Å². The van der Waals surface area contributed by atoms with Crippen molar-refractivity contribution < 1.29 is 5.03 Å². The second kappa shape index (κ2) is 3.58. The van der Waals surface area contributed by atoms with Gasteiger partial charge in [0.2, 0.25) is 0 Å². The van der Waals surface area contributed by atoms with E-state index in [9.17, 15) is 10.1 Å². The molecule has 0 radical (unpaired) electrons. The van der Waals surface area contributed by atoms with Crippen molar-refractivity contribution in [2.24, 2.45) is 5.11 Å². The van der Waals surface area contributed by atoms with Crippen molar-refractivity contribution in [1.82, 2.24) is 30.0 Å². The standard InChI is InChI=1S/C3HN11O2/c4-12-6-1-5-7-2-8-9-3(11-14(15)16)13(2)10-1/h(H,9,11). The Kier molecular flexibility index (Phi) is 2.12. The van der Waals surface area contributed by atoms with Gasteiger partial charge in [0, 0.05) is 4.91 Å². The number of nitro groups is 1. The second-order valence-corrected chi connectivity index (χ2v) is 2.29. The number of fused-ring (bicyclic) bond motifs is 1. The van der Waals surface area contributed by atoms with Crippen molar-refractivity contribution in [3.05, 3.63) is 20.6 Å². The molecule has 0 spiro atoms. The Hall–Kier alpha value is -3.08. The van der Waals surface area contributed by atoms with Gasteiger partial charge in [-0.1, -0.05) is 5.43 Å². The molecule has 16 heavy (non-hydrogen) atoms. The fourth-order valence-corrected chi connectivity index (χ4v) is 0.856. The monoisotopic (exact) mass is 223 g/mol. The number of hydrogen-bond acceptors (Lipinski definition) is 8. The van der Waals surface area contributed by atoms with Crippen LogP contribution < -0.4 is 5.43 Å². The van der Waals surface area contributed by atoms with Crippen LogP contribution in [-0.4, -0.2) is 35.0 Å². The van der Waals surface area contributed by atoms with Gasteiger partial charge in [-0.25, -0.2) is 10.1 Å². The van der Waals surface area contributed by atoms with Gasteiger partial charge in [-0.2, -0.15) is 4.52 Å². The summed E-state index contributed by atoms with van der Waals surface area (Å²) in [6, 6.07) is 0. The largest absolute Gasteiger partial charge is 0.308 e. The summed E-state index contributed by atoms with van der Waals surface area (Å²) in [6.07, 6.45) is 0. The van der Waals surface area contributed by atoms with E-state index in [1.54, 1.807) is 5.43 Å². The normalized spacial score (nSPS) is 9.75. The lowest BCUT2D eigenvalue weighted by Gasteiger charge is -1.93. The lowest BCUT2D eigenvalue weighted by Crippen LogP contribution is -2.12. The van der Waals surface area contributed by atoms with Gasteiger partial charge in [0.25, 0.3) is 11.7 Å². The van der Waals surface area contributed by atoms with Gasteiger partial charge in [0.15, 0.2) is 5.03 Å². The minimum atomic E-state index is -0.841. The first-order valence-electron chi connectivity index (χ1n) is 3.63. The Morgan fingerprint density at radius 1 is 1.44 bits per heavy atom. The average Bonchev–Trinajstić information content (AvgIpc) is 2.61. The van der Waals surface area contributed by atoms with Crippen molar-refractivity contribution in [1.29, 1.82) is 0 Å².